The largest absolute Gasteiger partial charge is 0.507 e. The molecule has 0 bridgehead atoms. The number of allylic oxidation sites excluding steroid dienone is 3. The zero-order chi connectivity index (χ0) is 46.3. The summed E-state index contributed by atoms with van der Waals surface area (Å²) in [6.45, 7) is 7.71. The average Bonchev–Trinajstić information content (AvgIpc) is 3.99. The summed E-state index contributed by atoms with van der Waals surface area (Å²) < 4.78 is 13.5. The molecule has 2 aliphatic heterocycles. The number of hydrogen-bond acceptors (Lipinski definition) is 9. The van der Waals surface area contributed by atoms with E-state index in [1.807, 2.05) is 92.7 Å². The van der Waals surface area contributed by atoms with Crippen molar-refractivity contribution in [2.75, 3.05) is 24.0 Å². The van der Waals surface area contributed by atoms with Gasteiger partial charge in [-0.2, -0.15) is 5.10 Å². The number of carbonyl (C=O) groups is 4. The number of thiophene rings is 1. The number of aryl methyl sites for hydroxylation is 2. The second-order valence-corrected chi connectivity index (χ2v) is 19.3. The van der Waals surface area contributed by atoms with Gasteiger partial charge in [0.15, 0.2) is 0 Å². The molecule has 4 aliphatic rings. The topological polar surface area (TPSA) is 131 Å². The first-order chi connectivity index (χ1) is 31.8. The number of phenols is 1. The lowest BCUT2D eigenvalue weighted by Gasteiger charge is -2.49. The minimum atomic E-state index is -1.37. The molecule has 2 aromatic heterocycles. The number of imide groups is 2. The lowest BCUT2D eigenvalue weighted by atomic mass is 9.51. The molecule has 2 aliphatic carbocycles. The Hall–Kier alpha value is -6.76. The summed E-state index contributed by atoms with van der Waals surface area (Å²) >= 11 is 7.92. The van der Waals surface area contributed by atoms with E-state index in [9.17, 15) is 14.7 Å². The second kappa shape index (κ2) is 16.3. The van der Waals surface area contributed by atoms with Crippen LogP contribution in [0.1, 0.15) is 53.5 Å². The number of benzene rings is 4. The molecule has 4 amide bonds. The summed E-state index contributed by atoms with van der Waals surface area (Å²) in [5, 5.41) is 18.5. The lowest BCUT2D eigenvalue weighted by Crippen LogP contribution is -2.49. The predicted octanol–water partition coefficient (Wildman–Crippen LogP) is 10.3. The van der Waals surface area contributed by atoms with Crippen molar-refractivity contribution in [1.29, 1.82) is 0 Å². The summed E-state index contributed by atoms with van der Waals surface area (Å²) in [4.78, 5) is 63.2. The maximum absolute atomic E-state index is 15.4. The Balaban J connectivity index is 1.01. The fourth-order valence-electron chi connectivity index (χ4n) is 11.1. The molecule has 11 nitrogen and oxygen atoms in total. The standard InChI is InChI=1S/C53H47ClN4O7S/c1-7-9-30-10-8-11-37(47(30)59)46-35-20-21-36-45(51(62)57(49(36)60)33-17-13-29(14-18-33)12-15-31-24-34(64-5)19-22-42(31)65-6)39(35)26-40-50(61)58(52(63)53(40,46)3)44-27-41(55-56(44)4)48-28(2)38-25-32(54)16-23-43(38)66-48/h7-8,10-20,22-25,27,36,39-40,45-46,59H,1,9,21,26H2,2-6H3. The summed E-state index contributed by atoms with van der Waals surface area (Å²) in [6, 6.07) is 25.8. The molecule has 10 rings (SSSR count). The molecule has 4 heterocycles. The molecule has 0 spiro atoms. The van der Waals surface area contributed by atoms with Crippen molar-refractivity contribution in [2.45, 2.75) is 39.0 Å². The van der Waals surface area contributed by atoms with Gasteiger partial charge in [-0.05, 0) is 110 Å². The summed E-state index contributed by atoms with van der Waals surface area (Å²) in [5.41, 5.74) is 4.26. The number of nitrogens with zero attached hydrogens (tertiary/aromatic N) is 4. The minimum Gasteiger partial charge on any atom is -0.507 e. The van der Waals surface area contributed by atoms with Crippen LogP contribution < -0.4 is 19.3 Å². The molecule has 66 heavy (non-hydrogen) atoms. The van der Waals surface area contributed by atoms with Crippen LogP contribution in [0.2, 0.25) is 5.02 Å². The van der Waals surface area contributed by atoms with Gasteiger partial charge >= 0.3 is 0 Å². The quantitative estimate of drug-likeness (QED) is 0.0817. The molecule has 6 aromatic rings. The third kappa shape index (κ3) is 6.55. The molecule has 0 radical (unpaired) electrons. The fraction of sp³-hybridized carbons (Fsp3) is 0.264. The van der Waals surface area contributed by atoms with E-state index >= 15 is 9.59 Å². The number of hydrogen-bond donors (Lipinski definition) is 1. The fourth-order valence-corrected chi connectivity index (χ4v) is 12.4. The average molecular weight is 919 g/mol. The van der Waals surface area contributed by atoms with Crippen molar-refractivity contribution in [3.05, 3.63) is 142 Å². The molecule has 6 unspecified atom stereocenters. The van der Waals surface area contributed by atoms with Crippen molar-refractivity contribution in [3.63, 3.8) is 0 Å². The van der Waals surface area contributed by atoms with Gasteiger partial charge in [-0.25, -0.2) is 4.90 Å². The van der Waals surface area contributed by atoms with E-state index in [1.165, 1.54) is 9.80 Å². The van der Waals surface area contributed by atoms with Crippen LogP contribution in [0.4, 0.5) is 11.5 Å². The number of aromatic nitrogens is 2. The van der Waals surface area contributed by atoms with Gasteiger partial charge < -0.3 is 14.6 Å². The van der Waals surface area contributed by atoms with Crippen LogP contribution in [0, 0.1) is 36.0 Å². The van der Waals surface area contributed by atoms with Crippen molar-refractivity contribution >= 4 is 80.3 Å². The molecule has 4 aromatic carbocycles. The van der Waals surface area contributed by atoms with Crippen LogP contribution >= 0.6 is 22.9 Å². The Bertz CT molecular complexity index is 3110. The van der Waals surface area contributed by atoms with E-state index in [1.54, 1.807) is 67.6 Å². The number of halogens is 1. The molecule has 334 valence electrons. The highest BCUT2D eigenvalue weighted by Gasteiger charge is 2.68. The monoisotopic (exact) mass is 918 g/mol. The highest BCUT2D eigenvalue weighted by atomic mass is 35.5. The van der Waals surface area contributed by atoms with Crippen LogP contribution in [-0.2, 0) is 32.6 Å². The van der Waals surface area contributed by atoms with E-state index in [-0.39, 0.29) is 30.4 Å². The van der Waals surface area contributed by atoms with Gasteiger partial charge in [0.1, 0.15) is 28.8 Å². The van der Waals surface area contributed by atoms with Crippen LogP contribution in [-0.4, -0.2) is 52.7 Å². The van der Waals surface area contributed by atoms with Crippen LogP contribution in [0.15, 0.2) is 109 Å². The zero-order valence-electron chi connectivity index (χ0n) is 37.1. The van der Waals surface area contributed by atoms with Gasteiger partial charge in [-0.3, -0.25) is 28.8 Å². The SMILES string of the molecule is C=CCc1cccc(C2C3=CCC4C(=O)N(c5ccc(C=Cc6cc(OC)ccc6OC)cc5)C(=O)C4C3CC3C(=O)N(c4cc(-c5sc6ccc(Cl)cc6c5C)nn4C)C(=O)C32C)c1O. The lowest BCUT2D eigenvalue weighted by molar-refractivity contribution is -0.131. The minimum absolute atomic E-state index is 0.0161. The first-order valence-electron chi connectivity index (χ1n) is 21.9. The summed E-state index contributed by atoms with van der Waals surface area (Å²) in [6.07, 6.45) is 8.34. The second-order valence-electron chi connectivity index (χ2n) is 17.8. The van der Waals surface area contributed by atoms with Gasteiger partial charge in [-0.1, -0.05) is 71.8 Å². The van der Waals surface area contributed by atoms with Gasteiger partial charge in [0.05, 0.1) is 48.0 Å². The Morgan fingerprint density at radius 3 is 2.45 bits per heavy atom. The number of aromatic hydroxyl groups is 1. The predicted molar refractivity (Wildman–Crippen MR) is 258 cm³/mol. The van der Waals surface area contributed by atoms with Crippen LogP contribution in [0.5, 0.6) is 17.2 Å². The van der Waals surface area contributed by atoms with Crippen molar-refractivity contribution in [2.24, 2.45) is 36.1 Å². The third-order valence-electron chi connectivity index (χ3n) is 14.4. The van der Waals surface area contributed by atoms with Crippen LogP contribution in [0.3, 0.4) is 0 Å². The normalized spacial score (nSPS) is 23.7. The molecular formula is C53H47ClN4O7S. The number of anilines is 2. The highest BCUT2D eigenvalue weighted by molar-refractivity contribution is 7.22. The van der Waals surface area contributed by atoms with Gasteiger partial charge in [0, 0.05) is 39.9 Å². The molecule has 6 atom stereocenters. The number of fused-ring (bicyclic) bond motifs is 5. The van der Waals surface area contributed by atoms with Gasteiger partial charge in [-0.15, -0.1) is 17.9 Å². The number of phenolic OH excluding ortho intramolecular Hbond substituents is 1. The van der Waals surface area contributed by atoms with Crippen molar-refractivity contribution in [1.82, 2.24) is 9.78 Å². The summed E-state index contributed by atoms with van der Waals surface area (Å²) in [7, 11) is 4.93. The number of ether oxygens (including phenoxy) is 2. The third-order valence-corrected chi connectivity index (χ3v) is 15.9. The zero-order valence-corrected chi connectivity index (χ0v) is 38.7. The Morgan fingerprint density at radius 2 is 1.71 bits per heavy atom. The Labute approximate surface area is 391 Å². The molecule has 2 saturated heterocycles. The first kappa shape index (κ1) is 43.1. The highest BCUT2D eigenvalue weighted by Crippen LogP contribution is 2.65. The molecule has 1 N–H and O–H groups in total. The Morgan fingerprint density at radius 1 is 0.924 bits per heavy atom. The number of amides is 4. The number of methoxy groups -OCH3 is 2. The molecule has 3 fully saturated rings. The Kier molecular flexibility index (Phi) is 10.6. The molecule has 1 saturated carbocycles. The maximum atomic E-state index is 15.4. The smallest absolute Gasteiger partial charge is 0.242 e. The van der Waals surface area contributed by atoms with Gasteiger partial charge in [0.25, 0.3) is 0 Å². The van der Waals surface area contributed by atoms with E-state index in [2.05, 4.69) is 6.58 Å². The van der Waals surface area contributed by atoms with E-state index < -0.39 is 46.8 Å². The number of para-hydroxylation sites is 1. The molecule has 13 heteroatoms. The summed E-state index contributed by atoms with van der Waals surface area (Å²) in [5.74, 6) is -3.46. The molecular weight excluding hydrogens is 872 g/mol. The number of rotatable bonds is 10. The van der Waals surface area contributed by atoms with Crippen molar-refractivity contribution < 1.29 is 33.8 Å². The van der Waals surface area contributed by atoms with Crippen molar-refractivity contribution in [3.8, 4) is 27.8 Å². The first-order valence-corrected chi connectivity index (χ1v) is 23.1. The maximum Gasteiger partial charge on any atom is 0.242 e. The van der Waals surface area contributed by atoms with Gasteiger partial charge in [0.2, 0.25) is 23.6 Å². The van der Waals surface area contributed by atoms with E-state index in [4.69, 9.17) is 26.2 Å². The number of carbonyl (C=O) groups excluding carboxylic acids is 4. The van der Waals surface area contributed by atoms with E-state index in [0.717, 1.165) is 37.2 Å². The van der Waals surface area contributed by atoms with E-state index in [0.29, 0.717) is 51.3 Å². The van der Waals surface area contributed by atoms with Crippen LogP contribution in [0.25, 0.3) is 32.8 Å².